The van der Waals surface area contributed by atoms with Crippen LogP contribution in [0.5, 0.6) is 0 Å². The lowest BCUT2D eigenvalue weighted by Gasteiger charge is -2.16. The zero-order valence-corrected chi connectivity index (χ0v) is 11.1. The highest BCUT2D eigenvalue weighted by Gasteiger charge is 2.05. The Morgan fingerprint density at radius 1 is 1.35 bits per heavy atom. The summed E-state index contributed by atoms with van der Waals surface area (Å²) in [5.41, 5.74) is 1.02. The van der Waals surface area contributed by atoms with E-state index >= 15 is 0 Å². The normalized spacial score (nSPS) is 10.6. The number of nitrogens with zero attached hydrogens (tertiary/aromatic N) is 3. The molecule has 0 unspecified atom stereocenters. The maximum atomic E-state index is 10.9. The van der Waals surface area contributed by atoms with Crippen molar-refractivity contribution in [3.63, 3.8) is 0 Å². The Balaban J connectivity index is 2.57. The molecule has 0 atom stereocenters. The summed E-state index contributed by atoms with van der Waals surface area (Å²) in [6.45, 7) is 6.61. The van der Waals surface area contributed by atoms with Gasteiger partial charge in [-0.05, 0) is 31.4 Å². The number of carbonyl (C=O) groups excluding carboxylic acids is 1. The fourth-order valence-corrected chi connectivity index (χ4v) is 1.52. The van der Waals surface area contributed by atoms with Gasteiger partial charge in [0.25, 0.3) is 0 Å². The minimum atomic E-state index is 0.196. The first-order valence-corrected chi connectivity index (χ1v) is 6.02. The van der Waals surface area contributed by atoms with Crippen LogP contribution in [0.2, 0.25) is 0 Å². The molecule has 1 aromatic heterocycles. The molecule has 0 saturated carbocycles. The van der Waals surface area contributed by atoms with E-state index in [1.54, 1.807) is 6.92 Å². The van der Waals surface area contributed by atoms with Crippen LogP contribution in [0.4, 0.5) is 5.82 Å². The number of anilines is 1. The molecule has 0 saturated heterocycles. The van der Waals surface area contributed by atoms with Gasteiger partial charge in [0, 0.05) is 20.0 Å². The van der Waals surface area contributed by atoms with Crippen LogP contribution in [-0.4, -0.2) is 29.6 Å². The van der Waals surface area contributed by atoms with E-state index in [-0.39, 0.29) is 5.78 Å². The third kappa shape index (κ3) is 4.93. The summed E-state index contributed by atoms with van der Waals surface area (Å²) in [6.07, 6.45) is 1.50. The van der Waals surface area contributed by atoms with E-state index in [1.165, 1.54) is 0 Å². The highest BCUT2D eigenvalue weighted by Crippen LogP contribution is 2.10. The molecular weight excluding hydrogens is 214 g/mol. The fraction of sp³-hybridized carbons (Fsp3) is 0.615. The molecule has 0 fully saturated rings. The summed E-state index contributed by atoms with van der Waals surface area (Å²) in [5.74, 6) is 1.60. The molecule has 4 nitrogen and oxygen atoms in total. The summed E-state index contributed by atoms with van der Waals surface area (Å²) in [7, 11) is 1.93. The molecule has 1 heterocycles. The van der Waals surface area contributed by atoms with Crippen LogP contribution in [0.25, 0.3) is 0 Å². The second-order valence-electron chi connectivity index (χ2n) is 4.85. The summed E-state index contributed by atoms with van der Waals surface area (Å²) in [5, 5.41) is 8.36. The van der Waals surface area contributed by atoms with E-state index in [2.05, 4.69) is 24.0 Å². The Morgan fingerprint density at radius 2 is 2.06 bits per heavy atom. The number of hydrogen-bond acceptors (Lipinski definition) is 4. The minimum absolute atomic E-state index is 0.196. The number of aromatic nitrogens is 2. The Morgan fingerprint density at radius 3 is 2.53 bits per heavy atom. The first-order chi connectivity index (χ1) is 7.99. The molecule has 0 spiro atoms. The number of rotatable bonds is 6. The Labute approximate surface area is 103 Å². The largest absolute Gasteiger partial charge is 0.358 e. The van der Waals surface area contributed by atoms with Crippen molar-refractivity contribution in [1.82, 2.24) is 10.2 Å². The standard InChI is InChI=1S/C13H21N3O/c1-10(2)9-12-5-6-13(15-14-12)16(4)8-7-11(3)17/h5-6,10H,7-9H2,1-4H3. The van der Waals surface area contributed by atoms with E-state index in [0.717, 1.165) is 17.9 Å². The molecule has 0 aliphatic heterocycles. The van der Waals surface area contributed by atoms with Crippen LogP contribution in [-0.2, 0) is 11.2 Å². The third-order valence-corrected chi connectivity index (χ3v) is 2.51. The predicted octanol–water partition coefficient (Wildman–Crippen LogP) is 2.09. The van der Waals surface area contributed by atoms with Crippen molar-refractivity contribution >= 4 is 11.6 Å². The van der Waals surface area contributed by atoms with Crippen molar-refractivity contribution < 1.29 is 4.79 Å². The maximum absolute atomic E-state index is 10.9. The Kier molecular flexibility index (Phi) is 5.07. The van der Waals surface area contributed by atoms with Crippen LogP contribution in [0.15, 0.2) is 12.1 Å². The number of Topliss-reactive ketones (excluding diaryl/α,β-unsaturated/α-hetero) is 1. The molecule has 0 radical (unpaired) electrons. The SMILES string of the molecule is CC(=O)CCN(C)c1ccc(CC(C)C)nn1. The predicted molar refractivity (Wildman–Crippen MR) is 69.1 cm³/mol. The monoisotopic (exact) mass is 235 g/mol. The first-order valence-electron chi connectivity index (χ1n) is 6.02. The smallest absolute Gasteiger partial charge is 0.150 e. The van der Waals surface area contributed by atoms with E-state index in [0.29, 0.717) is 18.9 Å². The van der Waals surface area contributed by atoms with Gasteiger partial charge in [-0.25, -0.2) is 0 Å². The van der Waals surface area contributed by atoms with E-state index < -0.39 is 0 Å². The van der Waals surface area contributed by atoms with Crippen molar-refractivity contribution in [2.45, 2.75) is 33.6 Å². The van der Waals surface area contributed by atoms with Crippen LogP contribution in [0.3, 0.4) is 0 Å². The zero-order valence-electron chi connectivity index (χ0n) is 11.1. The van der Waals surface area contributed by atoms with Crippen LogP contribution < -0.4 is 4.90 Å². The Hall–Kier alpha value is -1.45. The third-order valence-electron chi connectivity index (χ3n) is 2.51. The van der Waals surface area contributed by atoms with Gasteiger partial charge in [0.05, 0.1) is 5.69 Å². The molecule has 0 N–H and O–H groups in total. The molecule has 94 valence electrons. The van der Waals surface area contributed by atoms with Gasteiger partial charge in [0.15, 0.2) is 5.82 Å². The second-order valence-corrected chi connectivity index (χ2v) is 4.85. The summed E-state index contributed by atoms with van der Waals surface area (Å²) in [4.78, 5) is 12.8. The van der Waals surface area contributed by atoms with E-state index in [4.69, 9.17) is 0 Å². The average Bonchev–Trinajstić information content (AvgIpc) is 2.26. The van der Waals surface area contributed by atoms with Crippen molar-refractivity contribution in [2.24, 2.45) is 5.92 Å². The van der Waals surface area contributed by atoms with Gasteiger partial charge in [-0.1, -0.05) is 13.8 Å². The summed E-state index contributed by atoms with van der Waals surface area (Å²) < 4.78 is 0. The maximum Gasteiger partial charge on any atom is 0.150 e. The van der Waals surface area contributed by atoms with Gasteiger partial charge in [0.1, 0.15) is 5.78 Å². The fourth-order valence-electron chi connectivity index (χ4n) is 1.52. The molecule has 0 amide bonds. The van der Waals surface area contributed by atoms with Gasteiger partial charge in [0.2, 0.25) is 0 Å². The van der Waals surface area contributed by atoms with Gasteiger partial charge in [-0.2, -0.15) is 5.10 Å². The molecule has 1 rings (SSSR count). The lowest BCUT2D eigenvalue weighted by molar-refractivity contribution is -0.116. The lowest BCUT2D eigenvalue weighted by atomic mass is 10.1. The molecule has 0 aromatic carbocycles. The van der Waals surface area contributed by atoms with E-state index in [9.17, 15) is 4.79 Å². The highest BCUT2D eigenvalue weighted by atomic mass is 16.1. The van der Waals surface area contributed by atoms with Crippen molar-refractivity contribution in [3.05, 3.63) is 17.8 Å². The molecule has 0 aliphatic carbocycles. The molecule has 1 aromatic rings. The average molecular weight is 235 g/mol. The lowest BCUT2D eigenvalue weighted by Crippen LogP contribution is -2.21. The number of hydrogen-bond donors (Lipinski definition) is 0. The van der Waals surface area contributed by atoms with Gasteiger partial charge < -0.3 is 4.90 Å². The van der Waals surface area contributed by atoms with Crippen molar-refractivity contribution in [3.8, 4) is 0 Å². The first kappa shape index (κ1) is 13.6. The summed E-state index contributed by atoms with van der Waals surface area (Å²) >= 11 is 0. The number of ketones is 1. The second kappa shape index (κ2) is 6.33. The minimum Gasteiger partial charge on any atom is -0.358 e. The van der Waals surface area contributed by atoms with Gasteiger partial charge >= 0.3 is 0 Å². The summed E-state index contributed by atoms with van der Waals surface area (Å²) in [6, 6.07) is 3.97. The van der Waals surface area contributed by atoms with Crippen molar-refractivity contribution in [1.29, 1.82) is 0 Å². The molecule has 0 aliphatic rings. The van der Waals surface area contributed by atoms with E-state index in [1.807, 2.05) is 24.1 Å². The molecular formula is C13H21N3O. The highest BCUT2D eigenvalue weighted by molar-refractivity contribution is 5.76. The zero-order chi connectivity index (χ0) is 12.8. The van der Waals surface area contributed by atoms with Crippen LogP contribution in [0.1, 0.15) is 32.9 Å². The van der Waals surface area contributed by atoms with Crippen LogP contribution >= 0.6 is 0 Å². The van der Waals surface area contributed by atoms with Crippen molar-refractivity contribution in [2.75, 3.05) is 18.5 Å². The topological polar surface area (TPSA) is 46.1 Å². The molecule has 4 heteroatoms. The van der Waals surface area contributed by atoms with Gasteiger partial charge in [-0.15, -0.1) is 5.10 Å². The number of carbonyl (C=O) groups is 1. The Bertz CT molecular complexity index is 359. The molecule has 0 bridgehead atoms. The van der Waals surface area contributed by atoms with Gasteiger partial charge in [-0.3, -0.25) is 4.79 Å². The molecule has 17 heavy (non-hydrogen) atoms. The quantitative estimate of drug-likeness (QED) is 0.757. The van der Waals surface area contributed by atoms with Crippen LogP contribution in [0, 0.1) is 5.92 Å².